The highest BCUT2D eigenvalue weighted by molar-refractivity contribution is 9.10. The van der Waals surface area contributed by atoms with Gasteiger partial charge in [-0.2, -0.15) is 0 Å². The van der Waals surface area contributed by atoms with Gasteiger partial charge in [-0.3, -0.25) is 4.98 Å². The van der Waals surface area contributed by atoms with Gasteiger partial charge in [-0.05, 0) is 54.0 Å². The fraction of sp³-hybridized carbons (Fsp3) is 0.375. The number of ether oxygens (including phenoxy) is 1. The standard InChI is InChI=1S/C16H20BrN3O/c1-4-14-15(7-6-11(3)20-14)21-16-12(9-18-5-2)8-13(17)10-19-16/h6-8,10,18H,4-5,9H2,1-3H3. The van der Waals surface area contributed by atoms with Gasteiger partial charge in [0.25, 0.3) is 0 Å². The minimum Gasteiger partial charge on any atom is -0.437 e. The summed E-state index contributed by atoms with van der Waals surface area (Å²) in [6, 6.07) is 5.94. The van der Waals surface area contributed by atoms with Crippen LogP contribution in [0.15, 0.2) is 28.9 Å². The zero-order valence-electron chi connectivity index (χ0n) is 12.6. The molecule has 0 aliphatic rings. The summed E-state index contributed by atoms with van der Waals surface area (Å²) in [5.41, 5.74) is 2.97. The lowest BCUT2D eigenvalue weighted by Crippen LogP contribution is -2.13. The van der Waals surface area contributed by atoms with Gasteiger partial charge in [-0.15, -0.1) is 0 Å². The third kappa shape index (κ3) is 4.25. The van der Waals surface area contributed by atoms with Crippen molar-refractivity contribution in [1.82, 2.24) is 15.3 Å². The van der Waals surface area contributed by atoms with Gasteiger partial charge in [0.1, 0.15) is 0 Å². The lowest BCUT2D eigenvalue weighted by atomic mass is 10.2. The van der Waals surface area contributed by atoms with Gasteiger partial charge in [-0.25, -0.2) is 4.98 Å². The molecule has 2 aromatic heterocycles. The molecule has 0 fully saturated rings. The summed E-state index contributed by atoms with van der Waals surface area (Å²) in [5.74, 6) is 1.40. The lowest BCUT2D eigenvalue weighted by molar-refractivity contribution is 0.445. The van der Waals surface area contributed by atoms with Gasteiger partial charge in [0.2, 0.25) is 5.88 Å². The normalized spacial score (nSPS) is 10.7. The number of halogens is 1. The Morgan fingerprint density at radius 3 is 2.81 bits per heavy atom. The zero-order chi connectivity index (χ0) is 15.2. The summed E-state index contributed by atoms with van der Waals surface area (Å²) in [6.07, 6.45) is 2.58. The zero-order valence-corrected chi connectivity index (χ0v) is 14.2. The fourth-order valence-electron chi connectivity index (χ4n) is 1.99. The SMILES string of the molecule is CCNCc1cc(Br)cnc1Oc1ccc(C)nc1CC. The third-order valence-electron chi connectivity index (χ3n) is 3.07. The highest BCUT2D eigenvalue weighted by atomic mass is 79.9. The lowest BCUT2D eigenvalue weighted by Gasteiger charge is -2.13. The van der Waals surface area contributed by atoms with E-state index in [1.807, 2.05) is 25.1 Å². The van der Waals surface area contributed by atoms with Crippen LogP contribution in [0.4, 0.5) is 0 Å². The Bertz CT molecular complexity index is 616. The third-order valence-corrected chi connectivity index (χ3v) is 3.50. The molecule has 0 radical (unpaired) electrons. The van der Waals surface area contributed by atoms with E-state index in [4.69, 9.17) is 4.74 Å². The van der Waals surface area contributed by atoms with Gasteiger partial charge in [-0.1, -0.05) is 13.8 Å². The Morgan fingerprint density at radius 1 is 1.29 bits per heavy atom. The molecule has 5 heteroatoms. The van der Waals surface area contributed by atoms with Crippen molar-refractivity contribution < 1.29 is 4.74 Å². The maximum Gasteiger partial charge on any atom is 0.223 e. The molecule has 21 heavy (non-hydrogen) atoms. The molecule has 0 unspecified atom stereocenters. The van der Waals surface area contributed by atoms with E-state index < -0.39 is 0 Å². The van der Waals surface area contributed by atoms with Crippen molar-refractivity contribution in [2.75, 3.05) is 6.54 Å². The monoisotopic (exact) mass is 349 g/mol. The van der Waals surface area contributed by atoms with Crippen LogP contribution in [0.25, 0.3) is 0 Å². The molecule has 0 aromatic carbocycles. The summed E-state index contributed by atoms with van der Waals surface area (Å²) < 4.78 is 6.95. The Labute approximate surface area is 134 Å². The summed E-state index contributed by atoms with van der Waals surface area (Å²) in [6.45, 7) is 7.75. The molecule has 0 bridgehead atoms. The summed E-state index contributed by atoms with van der Waals surface area (Å²) in [5, 5.41) is 3.30. The largest absolute Gasteiger partial charge is 0.437 e. The molecule has 0 atom stereocenters. The summed E-state index contributed by atoms with van der Waals surface area (Å²) in [7, 11) is 0. The van der Waals surface area contributed by atoms with Crippen LogP contribution in [0, 0.1) is 6.92 Å². The number of pyridine rings is 2. The van der Waals surface area contributed by atoms with Crippen LogP contribution in [0.1, 0.15) is 30.8 Å². The van der Waals surface area contributed by atoms with E-state index in [-0.39, 0.29) is 0 Å². The second-order valence-electron chi connectivity index (χ2n) is 4.75. The molecule has 0 amide bonds. The first-order valence-corrected chi connectivity index (χ1v) is 7.92. The number of aryl methyl sites for hydroxylation is 2. The molecule has 0 saturated carbocycles. The number of nitrogens with one attached hydrogen (secondary N) is 1. The molecule has 0 spiro atoms. The van der Waals surface area contributed by atoms with E-state index in [9.17, 15) is 0 Å². The highest BCUT2D eigenvalue weighted by Crippen LogP contribution is 2.27. The average molecular weight is 350 g/mol. The van der Waals surface area contributed by atoms with E-state index in [0.29, 0.717) is 5.88 Å². The smallest absolute Gasteiger partial charge is 0.223 e. The van der Waals surface area contributed by atoms with Crippen molar-refractivity contribution in [2.45, 2.75) is 33.7 Å². The molecule has 2 aromatic rings. The van der Waals surface area contributed by atoms with Gasteiger partial charge in [0.05, 0.1) is 5.69 Å². The molecule has 4 nitrogen and oxygen atoms in total. The second-order valence-corrected chi connectivity index (χ2v) is 5.67. The van der Waals surface area contributed by atoms with E-state index in [0.717, 1.165) is 46.7 Å². The maximum atomic E-state index is 6.00. The van der Waals surface area contributed by atoms with Crippen LogP contribution in [-0.2, 0) is 13.0 Å². The van der Waals surface area contributed by atoms with Crippen molar-refractivity contribution >= 4 is 15.9 Å². The molecule has 0 saturated heterocycles. The molecule has 2 rings (SSSR count). The van der Waals surface area contributed by atoms with Gasteiger partial charge in [0.15, 0.2) is 5.75 Å². The number of hydrogen-bond acceptors (Lipinski definition) is 4. The molecular weight excluding hydrogens is 330 g/mol. The molecule has 2 heterocycles. The van der Waals surface area contributed by atoms with E-state index >= 15 is 0 Å². The van der Waals surface area contributed by atoms with Gasteiger partial charge in [0, 0.05) is 28.5 Å². The number of rotatable bonds is 6. The topological polar surface area (TPSA) is 47.0 Å². The number of nitrogens with zero attached hydrogens (tertiary/aromatic N) is 2. The van der Waals surface area contributed by atoms with Crippen molar-refractivity contribution in [1.29, 1.82) is 0 Å². The highest BCUT2D eigenvalue weighted by Gasteiger charge is 2.11. The first-order chi connectivity index (χ1) is 10.1. The number of aromatic nitrogens is 2. The summed E-state index contributed by atoms with van der Waals surface area (Å²) >= 11 is 3.45. The second kappa shape index (κ2) is 7.52. The Balaban J connectivity index is 2.30. The minimum absolute atomic E-state index is 0.625. The van der Waals surface area contributed by atoms with Crippen LogP contribution in [0.3, 0.4) is 0 Å². The molecule has 0 aliphatic carbocycles. The van der Waals surface area contributed by atoms with Crippen LogP contribution in [0.5, 0.6) is 11.6 Å². The van der Waals surface area contributed by atoms with Crippen LogP contribution >= 0.6 is 15.9 Å². The van der Waals surface area contributed by atoms with Crippen LogP contribution < -0.4 is 10.1 Å². The van der Waals surface area contributed by atoms with Crippen LogP contribution in [0.2, 0.25) is 0 Å². The molecule has 112 valence electrons. The Hall–Kier alpha value is -1.46. The quantitative estimate of drug-likeness (QED) is 0.855. The average Bonchev–Trinajstić information content (AvgIpc) is 2.48. The maximum absolute atomic E-state index is 6.00. The van der Waals surface area contributed by atoms with E-state index in [2.05, 4.69) is 45.1 Å². The van der Waals surface area contributed by atoms with E-state index in [1.54, 1.807) is 6.20 Å². The predicted octanol–water partition coefficient (Wildman–Crippen LogP) is 4.01. The van der Waals surface area contributed by atoms with Crippen LogP contribution in [-0.4, -0.2) is 16.5 Å². The fourth-order valence-corrected chi connectivity index (χ4v) is 2.37. The summed E-state index contributed by atoms with van der Waals surface area (Å²) in [4.78, 5) is 8.91. The Morgan fingerprint density at radius 2 is 2.10 bits per heavy atom. The van der Waals surface area contributed by atoms with Gasteiger partial charge >= 0.3 is 0 Å². The van der Waals surface area contributed by atoms with Crippen molar-refractivity contribution in [2.24, 2.45) is 0 Å². The van der Waals surface area contributed by atoms with Crippen molar-refractivity contribution in [3.8, 4) is 11.6 Å². The molecule has 1 N–H and O–H groups in total. The minimum atomic E-state index is 0.625. The van der Waals surface area contributed by atoms with Crippen molar-refractivity contribution in [3.63, 3.8) is 0 Å². The van der Waals surface area contributed by atoms with Crippen molar-refractivity contribution in [3.05, 3.63) is 45.8 Å². The number of hydrogen-bond donors (Lipinski definition) is 1. The molecular formula is C16H20BrN3O. The van der Waals surface area contributed by atoms with Gasteiger partial charge < -0.3 is 10.1 Å². The predicted molar refractivity (Wildman–Crippen MR) is 87.7 cm³/mol. The molecule has 0 aliphatic heterocycles. The Kier molecular flexibility index (Phi) is 5.70. The van der Waals surface area contributed by atoms with E-state index in [1.165, 1.54) is 0 Å². The first-order valence-electron chi connectivity index (χ1n) is 7.13. The first kappa shape index (κ1) is 15.9.